The van der Waals surface area contributed by atoms with Crippen molar-refractivity contribution >= 4 is 0 Å². The van der Waals surface area contributed by atoms with Gasteiger partial charge in [0.15, 0.2) is 0 Å². The highest BCUT2D eigenvalue weighted by Crippen LogP contribution is 2.32. The lowest BCUT2D eigenvalue weighted by Crippen LogP contribution is -2.12. The van der Waals surface area contributed by atoms with Gasteiger partial charge in [-0.3, -0.25) is 0 Å². The summed E-state index contributed by atoms with van der Waals surface area (Å²) in [5.74, 6) is 1.48. The van der Waals surface area contributed by atoms with E-state index in [-0.39, 0.29) is 0 Å². The molecule has 0 spiro atoms. The van der Waals surface area contributed by atoms with E-state index < -0.39 is 0 Å². The molecule has 1 nitrogen and oxygen atoms in total. The van der Waals surface area contributed by atoms with Gasteiger partial charge in [-0.15, -0.1) is 6.58 Å². The van der Waals surface area contributed by atoms with Crippen molar-refractivity contribution in [1.82, 2.24) is 0 Å². The Balaban J connectivity index is 2.25. The summed E-state index contributed by atoms with van der Waals surface area (Å²) in [6.07, 6.45) is 6.10. The molecule has 1 aliphatic rings. The molecular formula is C10H18O. The van der Waals surface area contributed by atoms with Gasteiger partial charge in [-0.05, 0) is 31.6 Å². The largest absolute Gasteiger partial charge is 0.381 e. The monoisotopic (exact) mass is 154 g/mol. The SMILES string of the molecule is C=CC1CCCC1COCC. The van der Waals surface area contributed by atoms with Crippen molar-refractivity contribution in [3.05, 3.63) is 12.7 Å². The van der Waals surface area contributed by atoms with Crippen LogP contribution in [0.25, 0.3) is 0 Å². The van der Waals surface area contributed by atoms with E-state index in [2.05, 4.69) is 19.6 Å². The Morgan fingerprint density at radius 3 is 3.00 bits per heavy atom. The van der Waals surface area contributed by atoms with Crippen molar-refractivity contribution in [2.45, 2.75) is 26.2 Å². The summed E-state index contributed by atoms with van der Waals surface area (Å²) in [7, 11) is 0. The van der Waals surface area contributed by atoms with Crippen LogP contribution in [0.5, 0.6) is 0 Å². The van der Waals surface area contributed by atoms with Crippen LogP contribution in [-0.4, -0.2) is 13.2 Å². The van der Waals surface area contributed by atoms with Gasteiger partial charge in [0.25, 0.3) is 0 Å². The third-order valence-electron chi connectivity index (χ3n) is 2.56. The predicted octanol–water partition coefficient (Wildman–Crippen LogP) is 2.63. The first-order valence-corrected chi connectivity index (χ1v) is 4.58. The number of allylic oxidation sites excluding steroid dienone is 1. The van der Waals surface area contributed by atoms with Gasteiger partial charge >= 0.3 is 0 Å². The Bertz CT molecular complexity index is 120. The van der Waals surface area contributed by atoms with E-state index in [1.807, 2.05) is 0 Å². The summed E-state index contributed by atoms with van der Waals surface area (Å²) in [5.41, 5.74) is 0. The molecule has 1 saturated carbocycles. The van der Waals surface area contributed by atoms with Crippen molar-refractivity contribution in [2.24, 2.45) is 11.8 Å². The molecule has 0 bridgehead atoms. The van der Waals surface area contributed by atoms with Gasteiger partial charge in [0, 0.05) is 13.2 Å². The van der Waals surface area contributed by atoms with Crippen molar-refractivity contribution in [2.75, 3.05) is 13.2 Å². The van der Waals surface area contributed by atoms with Crippen LogP contribution in [0.1, 0.15) is 26.2 Å². The molecule has 64 valence electrons. The molecule has 2 atom stereocenters. The van der Waals surface area contributed by atoms with E-state index >= 15 is 0 Å². The highest BCUT2D eigenvalue weighted by atomic mass is 16.5. The van der Waals surface area contributed by atoms with E-state index in [9.17, 15) is 0 Å². The molecule has 0 radical (unpaired) electrons. The zero-order valence-corrected chi connectivity index (χ0v) is 7.38. The Morgan fingerprint density at radius 2 is 2.36 bits per heavy atom. The Kier molecular flexibility index (Phi) is 3.64. The third kappa shape index (κ3) is 2.33. The summed E-state index contributed by atoms with van der Waals surface area (Å²) in [6, 6.07) is 0. The van der Waals surface area contributed by atoms with E-state index in [0.29, 0.717) is 0 Å². The molecule has 0 saturated heterocycles. The lowest BCUT2D eigenvalue weighted by molar-refractivity contribution is 0.103. The van der Waals surface area contributed by atoms with Gasteiger partial charge in [-0.1, -0.05) is 12.5 Å². The quantitative estimate of drug-likeness (QED) is 0.566. The molecule has 11 heavy (non-hydrogen) atoms. The number of ether oxygens (including phenoxy) is 1. The average Bonchev–Trinajstić information content (AvgIpc) is 2.47. The summed E-state index contributed by atoms with van der Waals surface area (Å²) in [6.45, 7) is 7.68. The lowest BCUT2D eigenvalue weighted by atomic mass is 9.97. The van der Waals surface area contributed by atoms with Crippen LogP contribution in [0.15, 0.2) is 12.7 Å². The van der Waals surface area contributed by atoms with Crippen LogP contribution in [-0.2, 0) is 4.74 Å². The zero-order valence-electron chi connectivity index (χ0n) is 7.38. The van der Waals surface area contributed by atoms with E-state index in [1.165, 1.54) is 19.3 Å². The average molecular weight is 154 g/mol. The number of rotatable bonds is 4. The maximum atomic E-state index is 5.40. The minimum Gasteiger partial charge on any atom is -0.381 e. The van der Waals surface area contributed by atoms with Crippen LogP contribution >= 0.6 is 0 Å². The maximum absolute atomic E-state index is 5.40. The topological polar surface area (TPSA) is 9.23 Å². The minimum absolute atomic E-state index is 0.724. The smallest absolute Gasteiger partial charge is 0.0499 e. The van der Waals surface area contributed by atoms with Gasteiger partial charge in [-0.2, -0.15) is 0 Å². The van der Waals surface area contributed by atoms with Crippen LogP contribution in [0.4, 0.5) is 0 Å². The molecular weight excluding hydrogens is 136 g/mol. The molecule has 1 heteroatoms. The Hall–Kier alpha value is -0.300. The predicted molar refractivity (Wildman–Crippen MR) is 47.5 cm³/mol. The fourth-order valence-corrected chi connectivity index (χ4v) is 1.85. The second-order valence-corrected chi connectivity index (χ2v) is 3.25. The summed E-state index contributed by atoms with van der Waals surface area (Å²) < 4.78 is 5.40. The van der Waals surface area contributed by atoms with E-state index in [4.69, 9.17) is 4.74 Å². The molecule has 1 rings (SSSR count). The third-order valence-corrected chi connectivity index (χ3v) is 2.56. The summed E-state index contributed by atoms with van der Waals surface area (Å²) >= 11 is 0. The number of hydrogen-bond acceptors (Lipinski definition) is 1. The first-order chi connectivity index (χ1) is 5.38. The van der Waals surface area contributed by atoms with Gasteiger partial charge in [0.1, 0.15) is 0 Å². The molecule has 2 unspecified atom stereocenters. The second-order valence-electron chi connectivity index (χ2n) is 3.25. The normalized spacial score (nSPS) is 30.6. The first kappa shape index (κ1) is 8.79. The fourth-order valence-electron chi connectivity index (χ4n) is 1.85. The summed E-state index contributed by atoms with van der Waals surface area (Å²) in [4.78, 5) is 0. The Labute approximate surface area is 69.4 Å². The molecule has 1 aliphatic carbocycles. The molecule has 1 fully saturated rings. The molecule has 0 N–H and O–H groups in total. The van der Waals surface area contributed by atoms with Crippen LogP contribution in [0.2, 0.25) is 0 Å². The van der Waals surface area contributed by atoms with Crippen LogP contribution in [0, 0.1) is 11.8 Å². The van der Waals surface area contributed by atoms with Crippen molar-refractivity contribution in [1.29, 1.82) is 0 Å². The van der Waals surface area contributed by atoms with Crippen molar-refractivity contribution in [3.8, 4) is 0 Å². The first-order valence-electron chi connectivity index (χ1n) is 4.58. The molecule has 0 aromatic heterocycles. The highest BCUT2D eigenvalue weighted by molar-refractivity contribution is 4.89. The molecule has 0 amide bonds. The lowest BCUT2D eigenvalue weighted by Gasteiger charge is -2.14. The Morgan fingerprint density at radius 1 is 1.55 bits per heavy atom. The molecule has 0 aromatic carbocycles. The van der Waals surface area contributed by atoms with Gasteiger partial charge in [0.2, 0.25) is 0 Å². The van der Waals surface area contributed by atoms with Gasteiger partial charge < -0.3 is 4.74 Å². The van der Waals surface area contributed by atoms with Crippen LogP contribution < -0.4 is 0 Å². The van der Waals surface area contributed by atoms with E-state index in [0.717, 1.165) is 25.0 Å². The van der Waals surface area contributed by atoms with Gasteiger partial charge in [0.05, 0.1) is 0 Å². The van der Waals surface area contributed by atoms with Crippen molar-refractivity contribution in [3.63, 3.8) is 0 Å². The summed E-state index contributed by atoms with van der Waals surface area (Å²) in [5, 5.41) is 0. The number of hydrogen-bond donors (Lipinski definition) is 0. The van der Waals surface area contributed by atoms with E-state index in [1.54, 1.807) is 0 Å². The fraction of sp³-hybridized carbons (Fsp3) is 0.800. The van der Waals surface area contributed by atoms with Gasteiger partial charge in [-0.25, -0.2) is 0 Å². The molecule has 0 aromatic rings. The molecule has 0 aliphatic heterocycles. The maximum Gasteiger partial charge on any atom is 0.0499 e. The van der Waals surface area contributed by atoms with Crippen molar-refractivity contribution < 1.29 is 4.74 Å². The minimum atomic E-state index is 0.724. The highest BCUT2D eigenvalue weighted by Gasteiger charge is 2.24. The standard InChI is InChI=1S/C10H18O/c1-3-9-6-5-7-10(9)8-11-4-2/h3,9-10H,1,4-8H2,2H3. The second kappa shape index (κ2) is 4.55. The molecule has 0 heterocycles. The zero-order chi connectivity index (χ0) is 8.10. The van der Waals surface area contributed by atoms with Crippen LogP contribution in [0.3, 0.4) is 0 Å².